The number of nitrogens with two attached hydrogens (primary N) is 1. The molecule has 3 saturated heterocycles. The van der Waals surface area contributed by atoms with Gasteiger partial charge in [0.25, 0.3) is 0 Å². The molecular weight excluding hydrogens is 1090 g/mol. The molecule has 0 unspecified atom stereocenters. The smallest absolute Gasteiger partial charge is 0.446 e. The van der Waals surface area contributed by atoms with Gasteiger partial charge >= 0.3 is 10.4 Å². The number of amides is 8. The first-order chi connectivity index (χ1) is 38.1. The molecule has 1 aromatic carbocycles. The first-order valence-corrected chi connectivity index (χ1v) is 28.8. The lowest BCUT2D eigenvalue weighted by atomic mass is 9.96. The molecule has 3 aliphatic heterocycles. The van der Waals surface area contributed by atoms with Crippen molar-refractivity contribution in [1.29, 1.82) is 0 Å². The zero-order chi connectivity index (χ0) is 60.5. The van der Waals surface area contributed by atoms with Gasteiger partial charge in [0.15, 0.2) is 17.7 Å². The molecule has 15 atom stereocenters. The van der Waals surface area contributed by atoms with Crippen LogP contribution in [-0.4, -0.2) is 208 Å². The molecule has 1 aromatic rings. The number of nitrogens with zero attached hydrogens (tertiary/aromatic N) is 2. The van der Waals surface area contributed by atoms with Gasteiger partial charge in [-0.3, -0.25) is 42.9 Å². The second-order valence-corrected chi connectivity index (χ2v) is 22.3. The predicted molar refractivity (Wildman–Crippen MR) is 282 cm³/mol. The summed E-state index contributed by atoms with van der Waals surface area (Å²) in [4.78, 5) is 113. The van der Waals surface area contributed by atoms with E-state index in [0.29, 0.717) is 28.7 Å². The highest BCUT2D eigenvalue weighted by atomic mass is 32.3. The average Bonchev–Trinajstić information content (AvgIpc) is 3.94. The van der Waals surface area contributed by atoms with E-state index in [4.69, 9.17) is 5.73 Å². The number of carbonyl (C=O) groups excluding carboxylic acids is 8. The fraction of sp³-hybridized carbons (Fsp3) is 0.725. The van der Waals surface area contributed by atoms with E-state index in [1.165, 1.54) is 45.4 Å². The molecule has 17 N–H and O–H groups in total. The van der Waals surface area contributed by atoms with Crippen LogP contribution >= 0.6 is 0 Å². The number of phenols is 1. The van der Waals surface area contributed by atoms with Crippen LogP contribution in [0, 0.1) is 5.92 Å². The van der Waals surface area contributed by atoms with Crippen LogP contribution in [0.1, 0.15) is 142 Å². The van der Waals surface area contributed by atoms with Crippen molar-refractivity contribution in [2.24, 2.45) is 11.7 Å². The monoisotopic (exact) mass is 1170 g/mol. The number of phenolic OH excluding ortho intramolecular Hbond substituents is 1. The summed E-state index contributed by atoms with van der Waals surface area (Å²) < 4.78 is 36.6. The topological polar surface area (TPSA) is 475 Å². The average molecular weight is 1180 g/mol. The number of aliphatic hydroxyl groups excluding tert-OH is 8. The Labute approximate surface area is 469 Å². The summed E-state index contributed by atoms with van der Waals surface area (Å²) in [6.07, 6.45) is -6.43. The summed E-state index contributed by atoms with van der Waals surface area (Å²) in [7, 11) is -5.33. The zero-order valence-corrected chi connectivity index (χ0v) is 46.5. The van der Waals surface area contributed by atoms with Crippen molar-refractivity contribution >= 4 is 57.7 Å². The Hall–Kier alpha value is -5.83. The van der Waals surface area contributed by atoms with Crippen molar-refractivity contribution in [3.63, 3.8) is 0 Å². The number of unbranched alkanes of at least 4 members (excludes halogenated alkanes) is 12. The van der Waals surface area contributed by atoms with Crippen molar-refractivity contribution in [3.05, 3.63) is 23.8 Å². The molecule has 8 amide bonds. The van der Waals surface area contributed by atoms with Gasteiger partial charge in [-0.05, 0) is 31.0 Å². The SMILES string of the molecule is CCCCCCCCCCCCCCCC(=O)N[C@H]1C[C@@H](O)[C@H](O)NC(=O)[C@@H]2[C@@H](O)[C@@H](C)CN2C(=O)[C@H]([C@H](O)CC(N)=O)NC(=O)[C@H]([C@H](O)[C@@H](O)c2ccc(O)c(OS(=O)(=O)O)c2)NC(=O)[C@@H]2C[C@@H](O)CN2C(=O)[C@H]([C@@H](C)O)NC1=O. The molecule has 0 aromatic heterocycles. The lowest BCUT2D eigenvalue weighted by Gasteiger charge is -2.34. The molecule has 4 rings (SSSR count). The van der Waals surface area contributed by atoms with E-state index in [1.807, 2.05) is 10.6 Å². The molecule has 81 heavy (non-hydrogen) atoms. The lowest BCUT2D eigenvalue weighted by Crippen LogP contribution is -2.64. The van der Waals surface area contributed by atoms with E-state index >= 15 is 0 Å². The number of fused-ring (bicyclic) bond motifs is 2. The van der Waals surface area contributed by atoms with Gasteiger partial charge in [0.05, 0.1) is 30.8 Å². The number of carbonyl (C=O) groups is 8. The molecule has 0 saturated carbocycles. The second-order valence-electron chi connectivity index (χ2n) is 21.3. The Balaban J connectivity index is 1.74. The number of rotatable bonds is 24. The van der Waals surface area contributed by atoms with Crippen molar-refractivity contribution in [3.8, 4) is 11.5 Å². The highest BCUT2D eigenvalue weighted by Crippen LogP contribution is 2.33. The molecule has 3 fully saturated rings. The normalized spacial score (nSPS) is 28.0. The molecule has 0 bridgehead atoms. The zero-order valence-electron chi connectivity index (χ0n) is 45.7. The van der Waals surface area contributed by atoms with Crippen LogP contribution in [-0.2, 0) is 48.8 Å². The molecule has 0 spiro atoms. The maximum Gasteiger partial charge on any atom is 0.446 e. The van der Waals surface area contributed by atoms with Gasteiger partial charge in [-0.1, -0.05) is 97.0 Å². The third-order valence-electron chi connectivity index (χ3n) is 14.6. The van der Waals surface area contributed by atoms with Crippen LogP contribution in [0.3, 0.4) is 0 Å². The minimum absolute atomic E-state index is 0.114. The van der Waals surface area contributed by atoms with Crippen LogP contribution in [0.4, 0.5) is 0 Å². The fourth-order valence-electron chi connectivity index (χ4n) is 10.1. The third kappa shape index (κ3) is 19.9. The van der Waals surface area contributed by atoms with Gasteiger partial charge in [0, 0.05) is 38.3 Å². The first-order valence-electron chi connectivity index (χ1n) is 27.4. The Morgan fingerprint density at radius 3 is 1.86 bits per heavy atom. The first kappa shape index (κ1) is 67.7. The van der Waals surface area contributed by atoms with Crippen LogP contribution in [0.2, 0.25) is 0 Å². The molecule has 30 heteroatoms. The van der Waals surface area contributed by atoms with Crippen LogP contribution < -0.4 is 36.5 Å². The van der Waals surface area contributed by atoms with Crippen molar-refractivity contribution < 1.29 is 101 Å². The van der Waals surface area contributed by atoms with E-state index in [1.54, 1.807) is 0 Å². The number of aliphatic hydroxyl groups is 8. The molecular formula is C51H82N8O21S. The molecule has 3 aliphatic rings. The summed E-state index contributed by atoms with van der Waals surface area (Å²) in [5, 5.41) is 111. The maximum atomic E-state index is 14.6. The molecule has 3 heterocycles. The maximum absolute atomic E-state index is 14.6. The summed E-state index contributed by atoms with van der Waals surface area (Å²) in [5.74, 6) is -13.3. The highest BCUT2D eigenvalue weighted by Gasteiger charge is 2.51. The number of aromatic hydroxyl groups is 1. The van der Waals surface area contributed by atoms with Crippen LogP contribution in [0.25, 0.3) is 0 Å². The summed E-state index contributed by atoms with van der Waals surface area (Å²) in [5.41, 5.74) is 4.75. The third-order valence-corrected chi connectivity index (χ3v) is 15.0. The van der Waals surface area contributed by atoms with Crippen molar-refractivity contribution in [1.82, 2.24) is 36.4 Å². The van der Waals surface area contributed by atoms with Gasteiger partial charge in [-0.25, -0.2) is 0 Å². The molecule has 458 valence electrons. The predicted octanol–water partition coefficient (Wildman–Crippen LogP) is -3.63. The van der Waals surface area contributed by atoms with Gasteiger partial charge in [0.2, 0.25) is 47.3 Å². The van der Waals surface area contributed by atoms with E-state index in [2.05, 4.69) is 27.1 Å². The summed E-state index contributed by atoms with van der Waals surface area (Å²) in [6, 6.07) is -10.5. The molecule has 0 radical (unpaired) electrons. The van der Waals surface area contributed by atoms with Gasteiger partial charge in [-0.2, -0.15) is 8.42 Å². The number of primary amides is 1. The largest absolute Gasteiger partial charge is 0.504 e. The Kier molecular flexibility index (Phi) is 26.4. The highest BCUT2D eigenvalue weighted by molar-refractivity contribution is 7.81. The van der Waals surface area contributed by atoms with Gasteiger partial charge in [-0.15, -0.1) is 0 Å². The summed E-state index contributed by atoms with van der Waals surface area (Å²) >= 11 is 0. The fourth-order valence-corrected chi connectivity index (χ4v) is 10.4. The second kappa shape index (κ2) is 31.6. The van der Waals surface area contributed by atoms with E-state index in [0.717, 1.165) is 51.2 Å². The van der Waals surface area contributed by atoms with Crippen LogP contribution in [0.5, 0.6) is 11.5 Å². The molecule has 0 aliphatic carbocycles. The Morgan fingerprint density at radius 1 is 0.741 bits per heavy atom. The van der Waals surface area contributed by atoms with Gasteiger partial charge in [0.1, 0.15) is 54.6 Å². The standard InChI is InChI=1S/C51H82N8O21S/c1-4-5-6-7-8-9-10-11-12-13-14-15-16-17-37(66)53-30-22-34(64)47(72)57-49(74)41-42(67)26(2)24-59(41)51(76)39(33(63)23-36(52)65)55-48(73)40(44(69)43(68)28-18-19-32(62)35(20-28)80-81(77,78)79)56-46(71)31-21-29(61)25-58(31)50(75)38(27(3)60)54-45(30)70/h18-20,26-27,29-31,33-34,38-44,47,60-64,67-69,72H,4-17,21-25H2,1-3H3,(H2,52,65)(H,53,66)(H,54,70)(H,55,73)(H,56,71)(H,57,74)(H,77,78,79)/t26-,27+,29+,30-,31-,33+,34+,38-,39-,40-,41-,42-,43-,44-,47-/m0/s1. The van der Waals surface area contributed by atoms with Crippen LogP contribution in [0.15, 0.2) is 18.2 Å². The van der Waals surface area contributed by atoms with E-state index in [9.17, 15) is 97.3 Å². The lowest BCUT2D eigenvalue weighted by molar-refractivity contribution is -0.149. The number of benzene rings is 1. The van der Waals surface area contributed by atoms with Crippen molar-refractivity contribution in [2.75, 3.05) is 13.1 Å². The number of nitrogens with one attached hydrogen (secondary N) is 5. The summed E-state index contributed by atoms with van der Waals surface area (Å²) in [6.45, 7) is 3.39. The quantitative estimate of drug-likeness (QED) is 0.0351. The van der Waals surface area contributed by atoms with Gasteiger partial charge < -0.3 is 92.3 Å². The minimum Gasteiger partial charge on any atom is -0.504 e. The van der Waals surface area contributed by atoms with E-state index in [-0.39, 0.29) is 6.42 Å². The molecule has 29 nitrogen and oxygen atoms in total. The minimum atomic E-state index is -5.33. The number of hydrogen-bond acceptors (Lipinski definition) is 20. The number of hydrogen-bond donors (Lipinski definition) is 16. The Bertz CT molecular complexity index is 2440. The Morgan fingerprint density at radius 2 is 1.30 bits per heavy atom. The van der Waals surface area contributed by atoms with Crippen molar-refractivity contribution in [2.45, 2.75) is 215 Å². The van der Waals surface area contributed by atoms with E-state index < -0.39 is 198 Å².